The molecule has 0 aliphatic carbocycles. The predicted octanol–water partition coefficient (Wildman–Crippen LogP) is 4.21. The summed E-state index contributed by atoms with van der Waals surface area (Å²) in [5.74, 6) is 1.53. The summed E-state index contributed by atoms with van der Waals surface area (Å²) in [6, 6.07) is 15.0. The maximum absolute atomic E-state index is 6.28. The molecule has 0 spiro atoms. The van der Waals surface area contributed by atoms with Crippen LogP contribution in [-0.2, 0) is 0 Å². The Morgan fingerprint density at radius 1 is 1.05 bits per heavy atom. The van der Waals surface area contributed by atoms with E-state index in [1.807, 2.05) is 55.5 Å². The molecule has 0 bridgehead atoms. The van der Waals surface area contributed by atoms with E-state index in [0.29, 0.717) is 5.02 Å². The van der Waals surface area contributed by atoms with E-state index < -0.39 is 0 Å². The van der Waals surface area contributed by atoms with Crippen molar-refractivity contribution in [3.05, 3.63) is 59.1 Å². The van der Waals surface area contributed by atoms with E-state index in [9.17, 15) is 0 Å². The quantitative estimate of drug-likeness (QED) is 0.869. The normalized spacial score (nSPS) is 13.5. The molecule has 2 aromatic carbocycles. The van der Waals surface area contributed by atoms with Crippen molar-refractivity contribution in [3.63, 3.8) is 0 Å². The van der Waals surface area contributed by atoms with Crippen LogP contribution in [0, 0.1) is 0 Å². The molecule has 0 aliphatic rings. The highest BCUT2D eigenvalue weighted by Crippen LogP contribution is 2.31. The number of hydrogen-bond acceptors (Lipinski definition) is 3. The van der Waals surface area contributed by atoms with Crippen LogP contribution < -0.4 is 15.2 Å². The maximum atomic E-state index is 6.28. The fourth-order valence-corrected chi connectivity index (χ4v) is 2.35. The Morgan fingerprint density at radius 3 is 2.24 bits per heavy atom. The van der Waals surface area contributed by atoms with E-state index in [0.717, 1.165) is 23.5 Å². The zero-order valence-electron chi connectivity index (χ0n) is 12.3. The third-order valence-electron chi connectivity index (χ3n) is 3.39. The lowest BCUT2D eigenvalue weighted by Gasteiger charge is -2.25. The molecule has 2 atom stereocenters. The molecule has 21 heavy (non-hydrogen) atoms. The Balaban J connectivity index is 2.26. The van der Waals surface area contributed by atoms with Crippen molar-refractivity contribution in [2.24, 2.45) is 5.73 Å². The minimum absolute atomic E-state index is 0.132. The maximum Gasteiger partial charge on any atom is 0.140 e. The Bertz CT molecular complexity index is 571. The second kappa shape index (κ2) is 7.34. The van der Waals surface area contributed by atoms with Gasteiger partial charge in [-0.25, -0.2) is 0 Å². The Kier molecular flexibility index (Phi) is 5.48. The van der Waals surface area contributed by atoms with E-state index in [1.54, 1.807) is 7.11 Å². The number of halogens is 1. The van der Waals surface area contributed by atoms with Crippen LogP contribution in [0.4, 0.5) is 0 Å². The van der Waals surface area contributed by atoms with Crippen LogP contribution in [0.3, 0.4) is 0 Å². The molecule has 2 unspecified atom stereocenters. The summed E-state index contributed by atoms with van der Waals surface area (Å²) < 4.78 is 11.2. The zero-order valence-corrected chi connectivity index (χ0v) is 13.0. The molecule has 2 N–H and O–H groups in total. The monoisotopic (exact) mass is 305 g/mol. The van der Waals surface area contributed by atoms with Crippen LogP contribution in [0.25, 0.3) is 0 Å². The van der Waals surface area contributed by atoms with Crippen LogP contribution in [0.15, 0.2) is 48.5 Å². The number of benzene rings is 2. The van der Waals surface area contributed by atoms with Gasteiger partial charge >= 0.3 is 0 Å². The van der Waals surface area contributed by atoms with Crippen LogP contribution in [0.1, 0.15) is 25.0 Å². The fourth-order valence-electron chi connectivity index (χ4n) is 2.10. The zero-order chi connectivity index (χ0) is 15.2. The highest BCUT2D eigenvalue weighted by molar-refractivity contribution is 6.31. The van der Waals surface area contributed by atoms with Gasteiger partial charge in [0.1, 0.15) is 17.6 Å². The summed E-state index contributed by atoms with van der Waals surface area (Å²) in [5, 5.41) is 0.667. The molecule has 0 heterocycles. The van der Waals surface area contributed by atoms with Crippen molar-refractivity contribution >= 4 is 11.6 Å². The average Bonchev–Trinajstić information content (AvgIpc) is 2.53. The van der Waals surface area contributed by atoms with Gasteiger partial charge in [-0.1, -0.05) is 36.7 Å². The van der Waals surface area contributed by atoms with Gasteiger partial charge in [0.15, 0.2) is 0 Å². The van der Waals surface area contributed by atoms with Gasteiger partial charge in [-0.05, 0) is 36.8 Å². The van der Waals surface area contributed by atoms with E-state index in [2.05, 4.69) is 0 Å². The van der Waals surface area contributed by atoms with Crippen LogP contribution in [0.5, 0.6) is 11.5 Å². The molecule has 2 aromatic rings. The second-order valence-electron chi connectivity index (χ2n) is 4.81. The minimum atomic E-state index is -0.280. The van der Waals surface area contributed by atoms with Crippen LogP contribution in [-0.4, -0.2) is 13.2 Å². The summed E-state index contributed by atoms with van der Waals surface area (Å²) in [4.78, 5) is 0. The molecule has 4 heteroatoms. The van der Waals surface area contributed by atoms with E-state index in [1.165, 1.54) is 0 Å². The smallest absolute Gasteiger partial charge is 0.140 e. The lowest BCUT2D eigenvalue weighted by atomic mass is 10.0. The van der Waals surface area contributed by atoms with Gasteiger partial charge < -0.3 is 15.2 Å². The van der Waals surface area contributed by atoms with Gasteiger partial charge in [0, 0.05) is 16.6 Å². The van der Waals surface area contributed by atoms with Crippen molar-refractivity contribution in [2.75, 3.05) is 7.11 Å². The molecular weight excluding hydrogens is 286 g/mol. The Labute approximate surface area is 130 Å². The second-order valence-corrected chi connectivity index (χ2v) is 5.21. The Morgan fingerprint density at radius 2 is 1.67 bits per heavy atom. The standard InChI is InChI=1S/C17H20ClNO2/c1-3-16(19)17(14-6-4-5-7-15(14)18)21-13-10-8-12(20-2)9-11-13/h4-11,16-17H,3,19H2,1-2H3. The summed E-state index contributed by atoms with van der Waals surface area (Å²) >= 11 is 6.28. The SMILES string of the molecule is CCC(N)C(Oc1ccc(OC)cc1)c1ccccc1Cl. The molecule has 0 saturated carbocycles. The van der Waals surface area contributed by atoms with Gasteiger partial charge in [-0.15, -0.1) is 0 Å². The average molecular weight is 306 g/mol. The van der Waals surface area contributed by atoms with Crippen molar-refractivity contribution in [1.82, 2.24) is 0 Å². The number of nitrogens with two attached hydrogens (primary N) is 1. The van der Waals surface area contributed by atoms with Crippen LogP contribution in [0.2, 0.25) is 5.02 Å². The summed E-state index contributed by atoms with van der Waals surface area (Å²) in [6.45, 7) is 2.03. The molecule has 112 valence electrons. The third kappa shape index (κ3) is 3.90. The molecule has 0 aromatic heterocycles. The largest absolute Gasteiger partial charge is 0.497 e. The highest BCUT2D eigenvalue weighted by Gasteiger charge is 2.22. The number of rotatable bonds is 6. The van der Waals surface area contributed by atoms with E-state index in [-0.39, 0.29) is 12.1 Å². The molecule has 3 nitrogen and oxygen atoms in total. The highest BCUT2D eigenvalue weighted by atomic mass is 35.5. The first-order valence-corrected chi connectivity index (χ1v) is 7.34. The van der Waals surface area contributed by atoms with Gasteiger partial charge in [0.2, 0.25) is 0 Å². The van der Waals surface area contributed by atoms with Crippen LogP contribution >= 0.6 is 11.6 Å². The molecular formula is C17H20ClNO2. The third-order valence-corrected chi connectivity index (χ3v) is 3.74. The van der Waals surface area contributed by atoms with Crippen molar-refractivity contribution in [3.8, 4) is 11.5 Å². The first kappa shape index (κ1) is 15.7. The van der Waals surface area contributed by atoms with E-state index in [4.69, 9.17) is 26.8 Å². The molecule has 2 rings (SSSR count). The summed E-state index contributed by atoms with van der Waals surface area (Å²) in [5.41, 5.74) is 7.12. The lowest BCUT2D eigenvalue weighted by molar-refractivity contribution is 0.171. The van der Waals surface area contributed by atoms with Gasteiger partial charge in [-0.3, -0.25) is 0 Å². The predicted molar refractivity (Wildman–Crippen MR) is 86.1 cm³/mol. The number of ether oxygens (including phenoxy) is 2. The number of methoxy groups -OCH3 is 1. The Hall–Kier alpha value is -1.71. The molecule has 0 radical (unpaired) electrons. The van der Waals surface area contributed by atoms with Crippen molar-refractivity contribution < 1.29 is 9.47 Å². The number of hydrogen-bond donors (Lipinski definition) is 1. The first-order valence-electron chi connectivity index (χ1n) is 6.96. The van der Waals surface area contributed by atoms with Gasteiger partial charge in [0.25, 0.3) is 0 Å². The van der Waals surface area contributed by atoms with Crippen molar-refractivity contribution in [1.29, 1.82) is 0 Å². The summed E-state index contributed by atoms with van der Waals surface area (Å²) in [6.07, 6.45) is 0.517. The van der Waals surface area contributed by atoms with E-state index >= 15 is 0 Å². The summed E-state index contributed by atoms with van der Waals surface area (Å²) in [7, 11) is 1.63. The molecule has 0 amide bonds. The molecule has 0 fully saturated rings. The molecule has 0 aliphatic heterocycles. The van der Waals surface area contributed by atoms with Crippen molar-refractivity contribution in [2.45, 2.75) is 25.5 Å². The lowest BCUT2D eigenvalue weighted by Crippen LogP contribution is -2.31. The fraction of sp³-hybridized carbons (Fsp3) is 0.294. The topological polar surface area (TPSA) is 44.5 Å². The van der Waals surface area contributed by atoms with Gasteiger partial charge in [-0.2, -0.15) is 0 Å². The minimum Gasteiger partial charge on any atom is -0.497 e. The first-order chi connectivity index (χ1) is 10.2. The van der Waals surface area contributed by atoms with Gasteiger partial charge in [0.05, 0.1) is 7.11 Å². The molecule has 0 saturated heterocycles.